The van der Waals surface area contributed by atoms with Crippen LogP contribution in [-0.4, -0.2) is 17.9 Å². The van der Waals surface area contributed by atoms with Crippen LogP contribution < -0.4 is 9.47 Å². The summed E-state index contributed by atoms with van der Waals surface area (Å²) in [6, 6.07) is 3.27. The van der Waals surface area contributed by atoms with Crippen LogP contribution in [0.4, 0.5) is 0 Å². The van der Waals surface area contributed by atoms with Crippen molar-refractivity contribution in [1.29, 1.82) is 0 Å². The molecule has 0 atom stereocenters. The number of benzene rings is 1. The number of carboxylic acid groups (broad SMARTS) is 1. The van der Waals surface area contributed by atoms with Gasteiger partial charge in [-0.1, -0.05) is 13.8 Å². The first-order chi connectivity index (χ1) is 7.09. The van der Waals surface area contributed by atoms with E-state index in [2.05, 4.69) is 0 Å². The number of ether oxygens (including phenoxy) is 2. The molecule has 2 rings (SSSR count). The quantitative estimate of drug-likeness (QED) is 0.809. The number of fused-ring (bicyclic) bond motifs is 1. The van der Waals surface area contributed by atoms with E-state index < -0.39 is 5.97 Å². The zero-order valence-corrected chi connectivity index (χ0v) is 8.61. The maximum Gasteiger partial charge on any atom is 0.336 e. The van der Waals surface area contributed by atoms with Crippen molar-refractivity contribution >= 4 is 5.97 Å². The van der Waals surface area contributed by atoms with Gasteiger partial charge in [-0.05, 0) is 23.6 Å². The minimum Gasteiger partial charge on any atom is -0.478 e. The van der Waals surface area contributed by atoms with Gasteiger partial charge in [-0.3, -0.25) is 0 Å². The Balaban J connectivity index is 2.57. The second-order valence-electron chi connectivity index (χ2n) is 3.75. The van der Waals surface area contributed by atoms with Gasteiger partial charge in [0.05, 0.1) is 5.56 Å². The Kier molecular flexibility index (Phi) is 2.26. The van der Waals surface area contributed by atoms with Gasteiger partial charge in [-0.2, -0.15) is 0 Å². The van der Waals surface area contributed by atoms with E-state index in [-0.39, 0.29) is 18.3 Å². The Labute approximate surface area is 87.4 Å². The van der Waals surface area contributed by atoms with Gasteiger partial charge in [0.1, 0.15) is 0 Å². The maximum atomic E-state index is 11.0. The molecule has 0 aromatic heterocycles. The number of carboxylic acids is 1. The number of rotatable bonds is 2. The summed E-state index contributed by atoms with van der Waals surface area (Å²) in [5.74, 6) is 0.350. The molecule has 1 aromatic rings. The Morgan fingerprint density at radius 2 is 1.93 bits per heavy atom. The second kappa shape index (κ2) is 3.46. The van der Waals surface area contributed by atoms with E-state index in [0.29, 0.717) is 11.5 Å². The summed E-state index contributed by atoms with van der Waals surface area (Å²) in [5.41, 5.74) is 1.06. The van der Waals surface area contributed by atoms with E-state index >= 15 is 0 Å². The average Bonchev–Trinajstić information content (AvgIpc) is 2.61. The second-order valence-corrected chi connectivity index (χ2v) is 3.75. The van der Waals surface area contributed by atoms with Crippen LogP contribution in [-0.2, 0) is 0 Å². The maximum absolute atomic E-state index is 11.0. The van der Waals surface area contributed by atoms with Crippen molar-refractivity contribution < 1.29 is 19.4 Å². The Bertz CT molecular complexity index is 409. The lowest BCUT2D eigenvalue weighted by molar-refractivity contribution is 0.0695. The predicted octanol–water partition coefficient (Wildman–Crippen LogP) is 2.24. The molecule has 1 aliphatic rings. The van der Waals surface area contributed by atoms with Gasteiger partial charge in [0.15, 0.2) is 11.5 Å². The topological polar surface area (TPSA) is 55.8 Å². The van der Waals surface area contributed by atoms with Crippen LogP contribution in [0.5, 0.6) is 11.5 Å². The molecule has 0 spiro atoms. The normalized spacial score (nSPS) is 13.3. The van der Waals surface area contributed by atoms with Crippen LogP contribution in [0.15, 0.2) is 12.1 Å². The van der Waals surface area contributed by atoms with Gasteiger partial charge in [0, 0.05) is 0 Å². The van der Waals surface area contributed by atoms with Crippen LogP contribution in [0.3, 0.4) is 0 Å². The summed E-state index contributed by atoms with van der Waals surface area (Å²) >= 11 is 0. The summed E-state index contributed by atoms with van der Waals surface area (Å²) in [5, 5.41) is 9.05. The lowest BCUT2D eigenvalue weighted by Crippen LogP contribution is -2.03. The van der Waals surface area contributed by atoms with Gasteiger partial charge in [-0.15, -0.1) is 0 Å². The third-order valence-electron chi connectivity index (χ3n) is 2.40. The van der Waals surface area contributed by atoms with E-state index in [4.69, 9.17) is 14.6 Å². The van der Waals surface area contributed by atoms with E-state index in [1.54, 1.807) is 6.07 Å². The molecule has 0 bridgehead atoms. The molecule has 4 nitrogen and oxygen atoms in total. The molecule has 1 aromatic carbocycles. The smallest absolute Gasteiger partial charge is 0.336 e. The van der Waals surface area contributed by atoms with Crippen molar-refractivity contribution in [3.05, 3.63) is 23.3 Å². The number of carbonyl (C=O) groups is 1. The fraction of sp³-hybridized carbons (Fsp3) is 0.364. The molecule has 1 heterocycles. The molecular weight excluding hydrogens is 196 g/mol. The zero-order valence-electron chi connectivity index (χ0n) is 8.61. The summed E-state index contributed by atoms with van der Waals surface area (Å²) in [6.45, 7) is 4.06. The highest BCUT2D eigenvalue weighted by atomic mass is 16.7. The average molecular weight is 208 g/mol. The summed E-state index contributed by atoms with van der Waals surface area (Å²) in [7, 11) is 0. The van der Waals surface area contributed by atoms with Gasteiger partial charge >= 0.3 is 5.97 Å². The van der Waals surface area contributed by atoms with E-state index in [9.17, 15) is 4.79 Å². The highest BCUT2D eigenvalue weighted by molar-refractivity contribution is 5.90. The van der Waals surface area contributed by atoms with E-state index in [1.165, 1.54) is 6.07 Å². The summed E-state index contributed by atoms with van der Waals surface area (Å²) < 4.78 is 10.3. The lowest BCUT2D eigenvalue weighted by Gasteiger charge is -2.10. The third kappa shape index (κ3) is 1.63. The van der Waals surface area contributed by atoms with E-state index in [1.807, 2.05) is 13.8 Å². The molecule has 4 heteroatoms. The number of hydrogen-bond acceptors (Lipinski definition) is 3. The predicted molar refractivity (Wildman–Crippen MR) is 53.6 cm³/mol. The third-order valence-corrected chi connectivity index (χ3v) is 2.40. The molecule has 0 unspecified atom stereocenters. The van der Waals surface area contributed by atoms with Crippen LogP contribution in [0.25, 0.3) is 0 Å². The molecule has 0 fully saturated rings. The molecule has 1 aliphatic heterocycles. The van der Waals surface area contributed by atoms with Crippen molar-refractivity contribution in [3.63, 3.8) is 0 Å². The molecule has 0 radical (unpaired) electrons. The first-order valence-electron chi connectivity index (χ1n) is 4.76. The molecule has 0 aliphatic carbocycles. The first kappa shape index (κ1) is 9.83. The van der Waals surface area contributed by atoms with E-state index in [0.717, 1.165) is 5.56 Å². The van der Waals surface area contributed by atoms with Gasteiger partial charge < -0.3 is 14.6 Å². The molecular formula is C11H12O4. The molecule has 0 saturated heterocycles. The van der Waals surface area contributed by atoms with Crippen LogP contribution >= 0.6 is 0 Å². The van der Waals surface area contributed by atoms with Gasteiger partial charge in [-0.25, -0.2) is 4.79 Å². The number of hydrogen-bond donors (Lipinski definition) is 1. The largest absolute Gasteiger partial charge is 0.478 e. The van der Waals surface area contributed by atoms with Crippen molar-refractivity contribution in [1.82, 2.24) is 0 Å². The van der Waals surface area contributed by atoms with Crippen molar-refractivity contribution in [2.45, 2.75) is 19.8 Å². The summed E-state index contributed by atoms with van der Waals surface area (Å²) in [6.07, 6.45) is 0. The minimum absolute atomic E-state index is 0.144. The Hall–Kier alpha value is -1.71. The van der Waals surface area contributed by atoms with Crippen LogP contribution in [0.2, 0.25) is 0 Å². The molecule has 0 saturated carbocycles. The fourth-order valence-corrected chi connectivity index (χ4v) is 1.62. The molecule has 1 N–H and O–H groups in total. The highest BCUT2D eigenvalue weighted by Crippen LogP contribution is 2.37. The highest BCUT2D eigenvalue weighted by Gasteiger charge is 2.21. The number of aromatic carboxylic acids is 1. The fourth-order valence-electron chi connectivity index (χ4n) is 1.62. The van der Waals surface area contributed by atoms with Crippen LogP contribution in [0, 0.1) is 0 Å². The molecule has 15 heavy (non-hydrogen) atoms. The van der Waals surface area contributed by atoms with Crippen molar-refractivity contribution in [2.75, 3.05) is 6.79 Å². The molecule has 80 valence electrons. The van der Waals surface area contributed by atoms with Gasteiger partial charge in [0.25, 0.3) is 0 Å². The first-order valence-corrected chi connectivity index (χ1v) is 4.76. The molecule has 0 amide bonds. The standard InChI is InChI=1S/C11H12O4/c1-6(2)7-3-9-10(15-5-14-9)4-8(7)11(12)13/h3-4,6H,5H2,1-2H3,(H,12,13). The minimum atomic E-state index is -0.933. The van der Waals surface area contributed by atoms with Crippen molar-refractivity contribution in [2.24, 2.45) is 0 Å². The SMILES string of the molecule is CC(C)c1cc2c(cc1C(=O)O)OCO2. The monoisotopic (exact) mass is 208 g/mol. The summed E-state index contributed by atoms with van der Waals surface area (Å²) in [4.78, 5) is 11.0. The Morgan fingerprint density at radius 3 is 2.47 bits per heavy atom. The lowest BCUT2D eigenvalue weighted by atomic mass is 9.96. The van der Waals surface area contributed by atoms with Crippen molar-refractivity contribution in [3.8, 4) is 11.5 Å². The Morgan fingerprint density at radius 1 is 1.33 bits per heavy atom. The van der Waals surface area contributed by atoms with Gasteiger partial charge in [0.2, 0.25) is 6.79 Å². The van der Waals surface area contributed by atoms with Crippen LogP contribution in [0.1, 0.15) is 35.7 Å². The zero-order chi connectivity index (χ0) is 11.0.